The molecule has 1 aliphatic heterocycles. The van der Waals surface area contributed by atoms with Crippen molar-refractivity contribution in [3.8, 4) is 0 Å². The van der Waals surface area contributed by atoms with Crippen LogP contribution in [-0.2, 0) is 9.53 Å². The van der Waals surface area contributed by atoms with Gasteiger partial charge >= 0.3 is 12.1 Å². The van der Waals surface area contributed by atoms with Crippen LogP contribution in [0.4, 0.5) is 13.2 Å². The third-order valence-electron chi connectivity index (χ3n) is 3.86. The number of hydrogen-bond acceptors (Lipinski definition) is 4. The minimum absolute atomic E-state index is 0.0340. The molecular formula is C13H21F3O2S2. The maximum absolute atomic E-state index is 13.1. The van der Waals surface area contributed by atoms with Crippen LogP contribution in [0, 0.1) is 5.41 Å². The van der Waals surface area contributed by atoms with Gasteiger partial charge in [0.15, 0.2) is 10.3 Å². The van der Waals surface area contributed by atoms with E-state index in [0.29, 0.717) is 0 Å². The minimum Gasteiger partial charge on any atom is -0.446 e. The van der Waals surface area contributed by atoms with Gasteiger partial charge in [-0.25, -0.2) is 0 Å². The normalized spacial score (nSPS) is 31.2. The van der Waals surface area contributed by atoms with Gasteiger partial charge in [-0.1, -0.05) is 6.92 Å². The van der Waals surface area contributed by atoms with Gasteiger partial charge in [-0.2, -0.15) is 24.9 Å². The van der Waals surface area contributed by atoms with Crippen molar-refractivity contribution in [3.63, 3.8) is 0 Å². The Morgan fingerprint density at radius 2 is 2.00 bits per heavy atom. The van der Waals surface area contributed by atoms with Crippen molar-refractivity contribution >= 4 is 29.5 Å². The molecule has 0 aromatic rings. The van der Waals surface area contributed by atoms with E-state index in [1.54, 1.807) is 18.7 Å². The summed E-state index contributed by atoms with van der Waals surface area (Å²) in [5, 5.41) is -0.0340. The van der Waals surface area contributed by atoms with E-state index in [2.05, 4.69) is 0 Å². The quantitative estimate of drug-likeness (QED) is 0.713. The molecule has 20 heavy (non-hydrogen) atoms. The monoisotopic (exact) mass is 330 g/mol. The molecule has 1 fully saturated rings. The van der Waals surface area contributed by atoms with E-state index < -0.39 is 22.5 Å². The third kappa shape index (κ3) is 3.59. The van der Waals surface area contributed by atoms with Crippen LogP contribution in [0.1, 0.15) is 40.5 Å². The maximum atomic E-state index is 13.1. The maximum Gasteiger partial charge on any atom is 0.404 e. The average molecular weight is 330 g/mol. The van der Waals surface area contributed by atoms with Gasteiger partial charge in [0, 0.05) is 0 Å². The smallest absolute Gasteiger partial charge is 0.404 e. The molecule has 7 heteroatoms. The second-order valence-electron chi connectivity index (χ2n) is 5.30. The van der Waals surface area contributed by atoms with Gasteiger partial charge in [0.25, 0.3) is 0 Å². The minimum atomic E-state index is -4.60. The highest BCUT2D eigenvalue weighted by Gasteiger charge is 2.58. The van der Waals surface area contributed by atoms with Crippen LogP contribution in [0.15, 0.2) is 0 Å². The number of esters is 1. The molecule has 1 rings (SSSR count). The lowest BCUT2D eigenvalue weighted by atomic mass is 9.87. The zero-order chi connectivity index (χ0) is 15.6. The van der Waals surface area contributed by atoms with Gasteiger partial charge in [0.1, 0.15) is 0 Å². The molecule has 0 saturated carbocycles. The Kier molecular flexibility index (Phi) is 5.75. The summed E-state index contributed by atoms with van der Waals surface area (Å²) >= 11 is 3.06. The summed E-state index contributed by atoms with van der Waals surface area (Å²) in [6.45, 7) is 5.88. The molecule has 0 aromatic heterocycles. The van der Waals surface area contributed by atoms with E-state index in [9.17, 15) is 18.0 Å². The van der Waals surface area contributed by atoms with Crippen LogP contribution in [0.2, 0.25) is 0 Å². The second kappa shape index (κ2) is 6.38. The Morgan fingerprint density at radius 3 is 2.50 bits per heavy atom. The number of thioether (sulfide) groups is 2. The summed E-state index contributed by atoms with van der Waals surface area (Å²) in [5.41, 5.74) is -2.44. The second-order valence-corrected chi connectivity index (χ2v) is 8.26. The fourth-order valence-electron chi connectivity index (χ4n) is 1.73. The lowest BCUT2D eigenvalue weighted by Crippen LogP contribution is -2.48. The molecule has 2 nitrogen and oxygen atoms in total. The highest BCUT2D eigenvalue weighted by atomic mass is 32.2. The fourth-order valence-corrected chi connectivity index (χ4v) is 4.40. The summed E-state index contributed by atoms with van der Waals surface area (Å²) < 4.78 is 44.6. The Bertz CT molecular complexity index is 362. The fraction of sp³-hybridized carbons (Fsp3) is 0.923. The molecule has 0 aromatic carbocycles. The summed E-state index contributed by atoms with van der Waals surface area (Å²) in [7, 11) is 0. The third-order valence-corrected chi connectivity index (χ3v) is 6.99. The predicted molar refractivity (Wildman–Crippen MR) is 77.9 cm³/mol. The first-order valence-electron chi connectivity index (χ1n) is 6.62. The Morgan fingerprint density at radius 1 is 1.40 bits per heavy atom. The van der Waals surface area contributed by atoms with E-state index in [-0.39, 0.29) is 11.7 Å². The van der Waals surface area contributed by atoms with Gasteiger partial charge in [0.2, 0.25) is 0 Å². The van der Waals surface area contributed by atoms with Crippen molar-refractivity contribution in [2.24, 2.45) is 5.41 Å². The summed E-state index contributed by atoms with van der Waals surface area (Å²) in [4.78, 5) is 11.2. The van der Waals surface area contributed by atoms with Crippen molar-refractivity contribution in [1.82, 2.24) is 0 Å². The molecule has 1 aliphatic rings. The molecule has 0 bridgehead atoms. The lowest BCUT2D eigenvalue weighted by molar-refractivity contribution is -0.234. The van der Waals surface area contributed by atoms with Crippen molar-refractivity contribution in [2.45, 2.75) is 56.9 Å². The first-order chi connectivity index (χ1) is 9.07. The molecule has 0 amide bonds. The zero-order valence-electron chi connectivity index (χ0n) is 12.2. The molecule has 118 valence electrons. The molecule has 3 atom stereocenters. The summed E-state index contributed by atoms with van der Waals surface area (Å²) in [6, 6.07) is 0. The molecular weight excluding hydrogens is 309 g/mol. The van der Waals surface area contributed by atoms with Crippen molar-refractivity contribution in [1.29, 1.82) is 0 Å². The highest BCUT2D eigenvalue weighted by molar-refractivity contribution is 8.04. The largest absolute Gasteiger partial charge is 0.446 e. The highest BCUT2D eigenvalue weighted by Crippen LogP contribution is 2.46. The molecule has 0 radical (unpaired) electrons. The number of ether oxygens (including phenoxy) is 1. The van der Waals surface area contributed by atoms with Crippen LogP contribution in [0.25, 0.3) is 0 Å². The molecule has 0 aliphatic carbocycles. The average Bonchev–Trinajstić information content (AvgIpc) is 2.50. The molecule has 0 N–H and O–H groups in total. The first kappa shape index (κ1) is 18.0. The van der Waals surface area contributed by atoms with Crippen LogP contribution < -0.4 is 0 Å². The van der Waals surface area contributed by atoms with E-state index >= 15 is 0 Å². The standard InChI is InChI=1S/C13H21F3O2S2/c1-5-11(3,13(14,15)16)10(17)18-12(4)9(2)19-7-6-8-20-12/h9H,5-8H2,1-4H3. The van der Waals surface area contributed by atoms with E-state index in [4.69, 9.17) is 4.74 Å². The Hall–Kier alpha value is -0.0400. The van der Waals surface area contributed by atoms with Gasteiger partial charge in [-0.3, -0.25) is 4.79 Å². The molecule has 1 heterocycles. The van der Waals surface area contributed by atoms with Crippen LogP contribution in [0.3, 0.4) is 0 Å². The van der Waals surface area contributed by atoms with Crippen molar-refractivity contribution in [3.05, 3.63) is 0 Å². The van der Waals surface area contributed by atoms with Gasteiger partial charge < -0.3 is 4.74 Å². The van der Waals surface area contributed by atoms with E-state index in [1.807, 2.05) is 6.92 Å². The Labute approximate surface area is 126 Å². The SMILES string of the molecule is CCC(C)(C(=O)OC1(C)SCCCSC1C)C(F)(F)F. The summed E-state index contributed by atoms with van der Waals surface area (Å²) in [5.74, 6) is 0.554. The molecule has 0 spiro atoms. The number of hydrogen-bond donors (Lipinski definition) is 0. The first-order valence-corrected chi connectivity index (χ1v) is 8.66. The van der Waals surface area contributed by atoms with Gasteiger partial charge in [-0.15, -0.1) is 11.8 Å². The number of rotatable bonds is 3. The molecule has 3 unspecified atom stereocenters. The number of carbonyl (C=O) groups excluding carboxylic acids is 1. The van der Waals surface area contributed by atoms with Gasteiger partial charge in [-0.05, 0) is 45.1 Å². The van der Waals surface area contributed by atoms with E-state index in [0.717, 1.165) is 24.9 Å². The lowest BCUT2D eigenvalue weighted by Gasteiger charge is -2.37. The number of alkyl halides is 3. The Balaban J connectivity index is 2.92. The summed E-state index contributed by atoms with van der Waals surface area (Å²) in [6.07, 6.45) is -3.95. The van der Waals surface area contributed by atoms with Crippen molar-refractivity contribution in [2.75, 3.05) is 11.5 Å². The molecule has 1 saturated heterocycles. The van der Waals surface area contributed by atoms with Crippen LogP contribution in [-0.4, -0.2) is 33.8 Å². The number of halogens is 3. The predicted octanol–water partition coefficient (Wildman–Crippen LogP) is 4.48. The number of carbonyl (C=O) groups is 1. The van der Waals surface area contributed by atoms with Crippen LogP contribution >= 0.6 is 23.5 Å². The zero-order valence-corrected chi connectivity index (χ0v) is 13.8. The van der Waals surface area contributed by atoms with Gasteiger partial charge in [0.05, 0.1) is 5.25 Å². The van der Waals surface area contributed by atoms with Crippen molar-refractivity contribution < 1.29 is 22.7 Å². The van der Waals surface area contributed by atoms with E-state index in [1.165, 1.54) is 18.7 Å². The topological polar surface area (TPSA) is 26.3 Å². The van der Waals surface area contributed by atoms with Crippen LogP contribution in [0.5, 0.6) is 0 Å².